The quantitative estimate of drug-likeness (QED) is 0.246. The fourth-order valence-corrected chi connectivity index (χ4v) is 3.94. The van der Waals surface area contributed by atoms with Crippen LogP contribution in [0.25, 0.3) is 11.0 Å². The number of aryl methyl sites for hydroxylation is 2. The number of benzene rings is 1. The van der Waals surface area contributed by atoms with E-state index in [-0.39, 0.29) is 24.0 Å². The van der Waals surface area contributed by atoms with Crippen LogP contribution in [0.4, 0.5) is 0 Å². The number of hydrogen-bond donors (Lipinski definition) is 2. The molecule has 1 aromatic heterocycles. The molecule has 1 aromatic carbocycles. The van der Waals surface area contributed by atoms with Gasteiger partial charge >= 0.3 is 0 Å². The fraction of sp³-hybridized carbons (Fsp3) is 0.636. The summed E-state index contributed by atoms with van der Waals surface area (Å²) in [7, 11) is 1.84. The molecule has 2 heterocycles. The van der Waals surface area contributed by atoms with Gasteiger partial charge in [-0.1, -0.05) is 19.1 Å². The largest absolute Gasteiger partial charge is 0.356 e. The Hall–Kier alpha value is -1.35. The maximum Gasteiger partial charge on any atom is 0.190 e. The first-order chi connectivity index (χ1) is 13.7. The van der Waals surface area contributed by atoms with Gasteiger partial charge in [-0.15, -0.1) is 24.0 Å². The predicted octanol–water partition coefficient (Wildman–Crippen LogP) is 3.64. The second-order valence-corrected chi connectivity index (χ2v) is 7.96. The van der Waals surface area contributed by atoms with Crippen molar-refractivity contribution in [1.82, 2.24) is 25.1 Å². The predicted molar refractivity (Wildman–Crippen MR) is 133 cm³/mol. The highest BCUT2D eigenvalue weighted by Crippen LogP contribution is 2.16. The van der Waals surface area contributed by atoms with Crippen LogP contribution in [0.5, 0.6) is 0 Å². The summed E-state index contributed by atoms with van der Waals surface area (Å²) >= 11 is 0. The molecule has 162 valence electrons. The Morgan fingerprint density at radius 1 is 1.10 bits per heavy atom. The maximum atomic E-state index is 4.64. The number of nitrogens with one attached hydrogen (secondary N) is 2. The van der Waals surface area contributed by atoms with Gasteiger partial charge < -0.3 is 20.1 Å². The van der Waals surface area contributed by atoms with Gasteiger partial charge in [0, 0.05) is 26.7 Å². The summed E-state index contributed by atoms with van der Waals surface area (Å²) in [5.41, 5.74) is 2.29. The van der Waals surface area contributed by atoms with Gasteiger partial charge in [-0.3, -0.25) is 4.99 Å². The van der Waals surface area contributed by atoms with E-state index in [0.717, 1.165) is 55.7 Å². The molecule has 3 rings (SSSR count). The molecule has 0 amide bonds. The molecule has 0 bridgehead atoms. The minimum absolute atomic E-state index is 0. The summed E-state index contributed by atoms with van der Waals surface area (Å²) < 4.78 is 2.30. The zero-order valence-electron chi connectivity index (χ0n) is 18.2. The van der Waals surface area contributed by atoms with Crippen molar-refractivity contribution in [2.24, 2.45) is 10.9 Å². The van der Waals surface area contributed by atoms with Crippen LogP contribution in [0, 0.1) is 12.8 Å². The molecule has 2 aromatic rings. The van der Waals surface area contributed by atoms with Gasteiger partial charge in [0.25, 0.3) is 0 Å². The summed E-state index contributed by atoms with van der Waals surface area (Å²) in [6.07, 6.45) is 4.90. The number of likely N-dealkylation sites (tertiary alicyclic amines) is 1. The SMILES string of the molecule is CN=C(NCCCN1CCC(C)CC1)NCCCn1c(C)nc2ccccc21.I. The standard InChI is InChI=1S/C22H36N6.HI/c1-18-10-16-27(17-11-18)14-6-12-24-22(23-3)25-13-7-15-28-19(2)26-20-8-4-5-9-21(20)28;/h4-5,8-9,18H,6-7,10-17H2,1-3H3,(H2,23,24,25);1H. The lowest BCUT2D eigenvalue weighted by molar-refractivity contribution is 0.191. The van der Waals surface area contributed by atoms with Crippen molar-refractivity contribution in [2.45, 2.75) is 46.1 Å². The Kier molecular flexibility index (Phi) is 10.2. The van der Waals surface area contributed by atoms with E-state index in [2.05, 4.69) is 62.1 Å². The number of fused-ring (bicyclic) bond motifs is 1. The number of rotatable bonds is 8. The molecule has 1 saturated heterocycles. The van der Waals surface area contributed by atoms with E-state index in [4.69, 9.17) is 0 Å². The number of piperidine rings is 1. The van der Waals surface area contributed by atoms with Crippen LogP contribution in [-0.4, -0.2) is 60.2 Å². The number of imidazole rings is 1. The number of nitrogens with zero attached hydrogens (tertiary/aromatic N) is 4. The zero-order chi connectivity index (χ0) is 19.8. The summed E-state index contributed by atoms with van der Waals surface area (Å²) in [5.74, 6) is 2.89. The molecule has 0 spiro atoms. The number of guanidine groups is 1. The third kappa shape index (κ3) is 7.13. The van der Waals surface area contributed by atoms with Crippen LogP contribution in [0.1, 0.15) is 38.4 Å². The van der Waals surface area contributed by atoms with Crippen LogP contribution in [-0.2, 0) is 6.54 Å². The van der Waals surface area contributed by atoms with Crippen LogP contribution >= 0.6 is 24.0 Å². The second kappa shape index (κ2) is 12.4. The number of para-hydroxylation sites is 2. The normalized spacial score (nSPS) is 16.0. The summed E-state index contributed by atoms with van der Waals surface area (Å²) in [6, 6.07) is 8.34. The highest BCUT2D eigenvalue weighted by Gasteiger charge is 2.14. The molecule has 6 nitrogen and oxygen atoms in total. The molecule has 0 saturated carbocycles. The van der Waals surface area contributed by atoms with E-state index >= 15 is 0 Å². The highest BCUT2D eigenvalue weighted by atomic mass is 127. The average molecular weight is 512 g/mol. The molecule has 1 aliphatic rings. The van der Waals surface area contributed by atoms with Crippen molar-refractivity contribution in [3.05, 3.63) is 30.1 Å². The molecule has 1 aliphatic heterocycles. The van der Waals surface area contributed by atoms with Crippen molar-refractivity contribution in [2.75, 3.05) is 39.8 Å². The third-order valence-electron chi connectivity index (χ3n) is 5.74. The Bertz CT molecular complexity index is 764. The molecule has 2 N–H and O–H groups in total. The zero-order valence-corrected chi connectivity index (χ0v) is 20.5. The number of halogens is 1. The highest BCUT2D eigenvalue weighted by molar-refractivity contribution is 14.0. The lowest BCUT2D eigenvalue weighted by Gasteiger charge is -2.30. The lowest BCUT2D eigenvalue weighted by atomic mass is 9.99. The van der Waals surface area contributed by atoms with Crippen molar-refractivity contribution < 1.29 is 0 Å². The number of aromatic nitrogens is 2. The Morgan fingerprint density at radius 3 is 2.45 bits per heavy atom. The van der Waals surface area contributed by atoms with Gasteiger partial charge in [0.15, 0.2) is 5.96 Å². The van der Waals surface area contributed by atoms with E-state index in [1.165, 1.54) is 38.0 Å². The Labute approximate surface area is 192 Å². The van der Waals surface area contributed by atoms with Crippen molar-refractivity contribution in [3.63, 3.8) is 0 Å². The monoisotopic (exact) mass is 512 g/mol. The van der Waals surface area contributed by atoms with Crippen LogP contribution in [0.3, 0.4) is 0 Å². The topological polar surface area (TPSA) is 57.5 Å². The molecular formula is C22H37IN6. The average Bonchev–Trinajstić information content (AvgIpc) is 3.03. The number of aliphatic imine (C=N–C) groups is 1. The van der Waals surface area contributed by atoms with Crippen molar-refractivity contribution in [1.29, 1.82) is 0 Å². The molecule has 1 fully saturated rings. The first-order valence-corrected chi connectivity index (χ1v) is 10.8. The molecule has 0 radical (unpaired) electrons. The molecule has 29 heavy (non-hydrogen) atoms. The molecular weight excluding hydrogens is 475 g/mol. The lowest BCUT2D eigenvalue weighted by Crippen LogP contribution is -2.40. The van der Waals surface area contributed by atoms with E-state index < -0.39 is 0 Å². The van der Waals surface area contributed by atoms with Gasteiger partial charge in [0.2, 0.25) is 0 Å². The summed E-state index contributed by atoms with van der Waals surface area (Å²) in [5, 5.41) is 6.88. The van der Waals surface area contributed by atoms with Gasteiger partial charge in [-0.05, 0) is 70.3 Å². The smallest absolute Gasteiger partial charge is 0.190 e. The first kappa shape index (κ1) is 23.9. The second-order valence-electron chi connectivity index (χ2n) is 7.96. The van der Waals surface area contributed by atoms with Gasteiger partial charge in [-0.2, -0.15) is 0 Å². The number of hydrogen-bond acceptors (Lipinski definition) is 3. The molecule has 0 atom stereocenters. The maximum absolute atomic E-state index is 4.64. The van der Waals surface area contributed by atoms with Crippen molar-refractivity contribution >= 4 is 41.0 Å². The molecule has 7 heteroatoms. The minimum Gasteiger partial charge on any atom is -0.356 e. The summed E-state index contributed by atoms with van der Waals surface area (Å²) in [4.78, 5) is 11.6. The van der Waals surface area contributed by atoms with Crippen LogP contribution in [0.2, 0.25) is 0 Å². The van der Waals surface area contributed by atoms with E-state index in [0.29, 0.717) is 0 Å². The van der Waals surface area contributed by atoms with Crippen LogP contribution in [0.15, 0.2) is 29.3 Å². The Balaban J connectivity index is 0.00000300. The third-order valence-corrected chi connectivity index (χ3v) is 5.74. The Morgan fingerprint density at radius 2 is 1.76 bits per heavy atom. The molecule has 0 aliphatic carbocycles. The van der Waals surface area contributed by atoms with E-state index in [1.54, 1.807) is 0 Å². The van der Waals surface area contributed by atoms with Crippen LogP contribution < -0.4 is 10.6 Å². The van der Waals surface area contributed by atoms with Gasteiger partial charge in [0.1, 0.15) is 5.82 Å². The minimum atomic E-state index is 0. The van der Waals surface area contributed by atoms with E-state index in [9.17, 15) is 0 Å². The van der Waals surface area contributed by atoms with Gasteiger partial charge in [0.05, 0.1) is 11.0 Å². The summed E-state index contributed by atoms with van der Waals surface area (Å²) in [6.45, 7) is 11.0. The van der Waals surface area contributed by atoms with Gasteiger partial charge in [-0.25, -0.2) is 4.98 Å². The molecule has 0 unspecified atom stereocenters. The first-order valence-electron chi connectivity index (χ1n) is 10.8. The van der Waals surface area contributed by atoms with E-state index in [1.807, 2.05) is 13.1 Å². The van der Waals surface area contributed by atoms with Crippen molar-refractivity contribution in [3.8, 4) is 0 Å². The fourth-order valence-electron chi connectivity index (χ4n) is 3.94.